The SMILES string of the molecule is O=C([O][Bi]1[O]C(=O)c2ccc(cc2)C(=O)[O]1)c1ccc(C(=O)[O][Bi]2[O]C(=O)c3ccc(cc3)C(=O)[O]2)cc1. The Hall–Kier alpha value is -3.75. The molecule has 3 aromatic carbocycles. The molecular weight excluding hydrogens is 898 g/mol. The van der Waals surface area contributed by atoms with E-state index in [2.05, 4.69) is 0 Å². The quantitative estimate of drug-likeness (QED) is 0.352. The molecule has 0 spiro atoms. The van der Waals surface area contributed by atoms with Crippen molar-refractivity contribution in [2.75, 3.05) is 0 Å². The van der Waals surface area contributed by atoms with Gasteiger partial charge in [-0.05, 0) is 0 Å². The van der Waals surface area contributed by atoms with E-state index in [1.165, 1.54) is 72.8 Å². The van der Waals surface area contributed by atoms with Crippen LogP contribution in [0.3, 0.4) is 0 Å². The van der Waals surface area contributed by atoms with Gasteiger partial charge in [-0.1, -0.05) is 0 Å². The van der Waals surface area contributed by atoms with Crippen molar-refractivity contribution in [3.63, 3.8) is 0 Å². The van der Waals surface area contributed by atoms with Crippen molar-refractivity contribution in [1.82, 2.24) is 0 Å². The van der Waals surface area contributed by atoms with Gasteiger partial charge in [-0.25, -0.2) is 0 Å². The van der Waals surface area contributed by atoms with E-state index in [4.69, 9.17) is 16.9 Å². The molecule has 190 valence electrons. The van der Waals surface area contributed by atoms with Crippen molar-refractivity contribution >= 4 is 82.0 Å². The number of benzene rings is 3. The summed E-state index contributed by atoms with van der Waals surface area (Å²) in [7, 11) is 0. The summed E-state index contributed by atoms with van der Waals surface area (Å²) in [6, 6.07) is 16.1. The topological polar surface area (TPSA) is 158 Å². The van der Waals surface area contributed by atoms with Gasteiger partial charge in [0.1, 0.15) is 0 Å². The van der Waals surface area contributed by atoms with E-state index in [-0.39, 0.29) is 33.4 Å². The molecule has 12 nitrogen and oxygen atoms in total. The number of hydrogen-bond donors (Lipinski definition) is 0. The van der Waals surface area contributed by atoms with Gasteiger partial charge in [-0.3, -0.25) is 0 Å². The molecule has 0 unspecified atom stereocenters. The van der Waals surface area contributed by atoms with Gasteiger partial charge in [0.2, 0.25) is 0 Å². The average molecular weight is 910 g/mol. The Morgan fingerprint density at radius 1 is 0.447 bits per heavy atom. The summed E-state index contributed by atoms with van der Waals surface area (Å²) in [6.07, 6.45) is 0. The fraction of sp³-hybridized carbons (Fsp3) is 0. The fourth-order valence-corrected chi connectivity index (χ4v) is 9.55. The van der Waals surface area contributed by atoms with Gasteiger partial charge in [0.15, 0.2) is 0 Å². The number of carbonyl (C=O) groups is 6. The molecule has 14 heteroatoms. The molecule has 3 aromatic rings. The van der Waals surface area contributed by atoms with Crippen molar-refractivity contribution in [3.05, 3.63) is 106 Å². The molecule has 0 fully saturated rings. The monoisotopic (exact) mass is 910 g/mol. The van der Waals surface area contributed by atoms with Gasteiger partial charge in [0, 0.05) is 0 Å². The Bertz CT molecular complexity index is 1280. The summed E-state index contributed by atoms with van der Waals surface area (Å²) in [5.41, 5.74) is 0.616. The molecular formula is C24H12Bi2O12. The molecule has 0 saturated heterocycles. The summed E-state index contributed by atoms with van der Waals surface area (Å²) in [4.78, 5) is 74.0. The summed E-state index contributed by atoms with van der Waals surface area (Å²) in [5.74, 6) is -5.03. The molecule has 4 heterocycles. The van der Waals surface area contributed by atoms with Gasteiger partial charge < -0.3 is 0 Å². The Kier molecular flexibility index (Phi) is 7.44. The summed E-state index contributed by atoms with van der Waals surface area (Å²) < 4.78 is 31.0. The molecule has 0 atom stereocenters. The molecule has 0 aliphatic carbocycles. The number of fused-ring (bicyclic) bond motifs is 12. The van der Waals surface area contributed by atoms with E-state index < -0.39 is 82.0 Å². The predicted octanol–water partition coefficient (Wildman–Crippen LogP) is 2.02. The molecule has 4 bridgehead atoms. The van der Waals surface area contributed by atoms with E-state index in [9.17, 15) is 28.8 Å². The third-order valence-corrected chi connectivity index (χ3v) is 12.4. The molecule has 4 aliphatic rings. The zero-order valence-electron chi connectivity index (χ0n) is 18.7. The first-order valence-electron chi connectivity index (χ1n) is 10.5. The molecule has 0 N–H and O–H groups in total. The second kappa shape index (κ2) is 10.9. The summed E-state index contributed by atoms with van der Waals surface area (Å²) in [5, 5.41) is 0. The van der Waals surface area contributed by atoms with E-state index >= 15 is 0 Å². The van der Waals surface area contributed by atoms with Crippen molar-refractivity contribution in [2.45, 2.75) is 0 Å². The third kappa shape index (κ3) is 5.71. The zero-order chi connectivity index (χ0) is 26.8. The fourth-order valence-electron chi connectivity index (χ4n) is 3.06. The van der Waals surface area contributed by atoms with Crippen LogP contribution in [-0.4, -0.2) is 82.0 Å². The number of hydrogen-bond acceptors (Lipinski definition) is 12. The van der Waals surface area contributed by atoms with Crippen LogP contribution in [0.1, 0.15) is 62.1 Å². The third-order valence-electron chi connectivity index (χ3n) is 5.01. The Labute approximate surface area is 232 Å². The van der Waals surface area contributed by atoms with E-state index in [1.807, 2.05) is 0 Å². The molecule has 4 aliphatic heterocycles. The molecule has 38 heavy (non-hydrogen) atoms. The van der Waals surface area contributed by atoms with Crippen LogP contribution >= 0.6 is 0 Å². The summed E-state index contributed by atoms with van der Waals surface area (Å²) in [6.45, 7) is 0. The first-order valence-corrected chi connectivity index (χ1v) is 19.0. The van der Waals surface area contributed by atoms with Crippen LogP contribution in [0.4, 0.5) is 0 Å². The van der Waals surface area contributed by atoms with Crippen LogP contribution in [0.25, 0.3) is 0 Å². The van der Waals surface area contributed by atoms with Crippen molar-refractivity contribution in [3.8, 4) is 0 Å². The van der Waals surface area contributed by atoms with Gasteiger partial charge in [0.25, 0.3) is 0 Å². The number of rotatable bonds is 4. The predicted molar refractivity (Wildman–Crippen MR) is 123 cm³/mol. The minimum absolute atomic E-state index is 0.0344. The first kappa shape index (κ1) is 25.9. The normalized spacial score (nSPS) is 15.4. The Morgan fingerprint density at radius 3 is 0.921 bits per heavy atom. The molecule has 7 rings (SSSR count). The van der Waals surface area contributed by atoms with E-state index in [1.54, 1.807) is 0 Å². The van der Waals surface area contributed by atoms with E-state index in [0.717, 1.165) is 0 Å². The Balaban J connectivity index is 1.23. The van der Waals surface area contributed by atoms with Crippen LogP contribution in [0, 0.1) is 0 Å². The Morgan fingerprint density at radius 2 is 0.684 bits per heavy atom. The van der Waals surface area contributed by atoms with Gasteiger partial charge >= 0.3 is 234 Å². The van der Waals surface area contributed by atoms with Gasteiger partial charge in [0.05, 0.1) is 0 Å². The maximum absolute atomic E-state index is 12.6. The minimum atomic E-state index is -4.31. The molecule has 0 aromatic heterocycles. The average Bonchev–Trinajstić information content (AvgIpc) is 3.06. The van der Waals surface area contributed by atoms with Crippen LogP contribution in [0.15, 0.2) is 72.8 Å². The van der Waals surface area contributed by atoms with Crippen molar-refractivity contribution in [2.24, 2.45) is 0 Å². The van der Waals surface area contributed by atoms with Crippen LogP contribution in [0.5, 0.6) is 0 Å². The van der Waals surface area contributed by atoms with Crippen molar-refractivity contribution < 1.29 is 45.6 Å². The maximum atomic E-state index is 12.6. The van der Waals surface area contributed by atoms with Crippen molar-refractivity contribution in [1.29, 1.82) is 0 Å². The van der Waals surface area contributed by atoms with Crippen LogP contribution in [0.2, 0.25) is 0 Å². The van der Waals surface area contributed by atoms with Gasteiger partial charge in [-0.15, -0.1) is 0 Å². The van der Waals surface area contributed by atoms with Gasteiger partial charge in [-0.2, -0.15) is 0 Å². The molecule has 0 amide bonds. The number of carbonyl (C=O) groups excluding carboxylic acids is 6. The van der Waals surface area contributed by atoms with Crippen LogP contribution < -0.4 is 0 Å². The second-order valence-electron chi connectivity index (χ2n) is 7.45. The first-order chi connectivity index (χ1) is 18.3. The standard InChI is InChI=1S/3C8H6O4.2Bi/c3*9-7(10)5-1-2-6(4-3-5)8(11)12;;/h3*1-4H,(H,9,10)(H,11,12);;/q;;;2*+3/p-6. The molecule has 0 saturated carbocycles. The van der Waals surface area contributed by atoms with Crippen LogP contribution in [-0.2, 0) is 16.9 Å². The summed E-state index contributed by atoms with van der Waals surface area (Å²) >= 11 is -8.63. The van der Waals surface area contributed by atoms with E-state index in [0.29, 0.717) is 0 Å². The molecule has 0 radical (unpaired) electrons. The second-order valence-corrected chi connectivity index (χ2v) is 15.2. The zero-order valence-corrected chi connectivity index (χ0v) is 25.7.